The number of ether oxygens (including phenoxy) is 1. The standard InChI is InChI=1S/C9H18N2O2/c1-3-13-9(12)10-6-8(2)7-11-4-5-11/h8H,3-7H2,1-2H3,(H,10,12). The summed E-state index contributed by atoms with van der Waals surface area (Å²) in [5, 5.41) is 2.73. The Bertz CT molecular complexity index is 169. The van der Waals surface area contributed by atoms with Crippen LogP contribution in [-0.4, -0.2) is 43.8 Å². The van der Waals surface area contributed by atoms with Crippen LogP contribution in [0.4, 0.5) is 4.79 Å². The molecule has 0 spiro atoms. The monoisotopic (exact) mass is 186 g/mol. The zero-order valence-electron chi connectivity index (χ0n) is 8.38. The van der Waals surface area contributed by atoms with Crippen molar-refractivity contribution in [3.05, 3.63) is 0 Å². The summed E-state index contributed by atoms with van der Waals surface area (Å²) in [5.41, 5.74) is 0. The lowest BCUT2D eigenvalue weighted by Gasteiger charge is -2.12. The van der Waals surface area contributed by atoms with Gasteiger partial charge in [-0.25, -0.2) is 4.79 Å². The van der Waals surface area contributed by atoms with Gasteiger partial charge in [0.25, 0.3) is 0 Å². The summed E-state index contributed by atoms with van der Waals surface area (Å²) in [6, 6.07) is 0. The highest BCUT2D eigenvalue weighted by atomic mass is 16.5. The highest BCUT2D eigenvalue weighted by Gasteiger charge is 2.19. The Morgan fingerprint density at radius 3 is 2.85 bits per heavy atom. The van der Waals surface area contributed by atoms with E-state index in [4.69, 9.17) is 4.74 Å². The van der Waals surface area contributed by atoms with Crippen molar-refractivity contribution in [2.24, 2.45) is 5.92 Å². The maximum atomic E-state index is 10.9. The normalized spacial score (nSPS) is 18.0. The fraction of sp³-hybridized carbons (Fsp3) is 0.889. The summed E-state index contributed by atoms with van der Waals surface area (Å²) in [7, 11) is 0. The van der Waals surface area contributed by atoms with Crippen molar-refractivity contribution >= 4 is 6.09 Å². The minimum absolute atomic E-state index is 0.305. The van der Waals surface area contributed by atoms with Crippen LogP contribution in [0.1, 0.15) is 13.8 Å². The van der Waals surface area contributed by atoms with E-state index in [1.54, 1.807) is 6.92 Å². The maximum Gasteiger partial charge on any atom is 0.407 e. The Labute approximate surface area is 79.2 Å². The van der Waals surface area contributed by atoms with Gasteiger partial charge in [0.2, 0.25) is 0 Å². The van der Waals surface area contributed by atoms with E-state index in [-0.39, 0.29) is 6.09 Å². The number of hydrogen-bond donors (Lipinski definition) is 1. The Hall–Kier alpha value is -0.770. The number of carbonyl (C=O) groups is 1. The summed E-state index contributed by atoms with van der Waals surface area (Å²) in [5.74, 6) is 0.506. The number of hydrogen-bond acceptors (Lipinski definition) is 3. The summed E-state index contributed by atoms with van der Waals surface area (Å²) in [6.45, 7) is 8.57. The Kier molecular flexibility index (Phi) is 4.02. The molecule has 0 bridgehead atoms. The van der Waals surface area contributed by atoms with Gasteiger partial charge < -0.3 is 15.0 Å². The second kappa shape index (κ2) is 5.07. The van der Waals surface area contributed by atoms with Crippen molar-refractivity contribution in [3.8, 4) is 0 Å². The van der Waals surface area contributed by atoms with Gasteiger partial charge >= 0.3 is 6.09 Å². The molecular weight excluding hydrogens is 168 g/mol. The van der Waals surface area contributed by atoms with Crippen molar-refractivity contribution < 1.29 is 9.53 Å². The fourth-order valence-electron chi connectivity index (χ4n) is 1.20. The van der Waals surface area contributed by atoms with Gasteiger partial charge in [-0.3, -0.25) is 0 Å². The first-order chi connectivity index (χ1) is 6.22. The number of nitrogens with zero attached hydrogens (tertiary/aromatic N) is 1. The molecule has 0 aliphatic carbocycles. The van der Waals surface area contributed by atoms with Crippen molar-refractivity contribution in [1.82, 2.24) is 10.2 Å². The lowest BCUT2D eigenvalue weighted by atomic mass is 10.2. The van der Waals surface area contributed by atoms with Gasteiger partial charge in [0.05, 0.1) is 6.61 Å². The zero-order valence-corrected chi connectivity index (χ0v) is 8.38. The second-order valence-corrected chi connectivity index (χ2v) is 3.51. The topological polar surface area (TPSA) is 41.3 Å². The molecule has 1 rings (SSSR count). The highest BCUT2D eigenvalue weighted by Crippen LogP contribution is 2.07. The van der Waals surface area contributed by atoms with Crippen LogP contribution in [-0.2, 0) is 4.74 Å². The smallest absolute Gasteiger partial charge is 0.407 e. The first-order valence-corrected chi connectivity index (χ1v) is 4.85. The zero-order chi connectivity index (χ0) is 9.68. The van der Waals surface area contributed by atoms with Gasteiger partial charge in [0, 0.05) is 26.2 Å². The van der Waals surface area contributed by atoms with E-state index >= 15 is 0 Å². The summed E-state index contributed by atoms with van der Waals surface area (Å²) in [6.07, 6.45) is -0.305. The molecular formula is C9H18N2O2. The van der Waals surface area contributed by atoms with Crippen molar-refractivity contribution in [2.45, 2.75) is 13.8 Å². The van der Waals surface area contributed by atoms with E-state index in [0.29, 0.717) is 19.1 Å². The van der Waals surface area contributed by atoms with E-state index in [0.717, 1.165) is 6.54 Å². The molecule has 1 atom stereocenters. The summed E-state index contributed by atoms with van der Waals surface area (Å²) < 4.78 is 4.75. The van der Waals surface area contributed by atoms with Crippen LogP contribution in [0, 0.1) is 5.92 Å². The average molecular weight is 186 g/mol. The molecule has 4 nitrogen and oxygen atoms in total. The minimum Gasteiger partial charge on any atom is -0.450 e. The molecule has 1 unspecified atom stereocenters. The third kappa shape index (κ3) is 4.72. The lowest BCUT2D eigenvalue weighted by molar-refractivity contribution is 0.150. The van der Waals surface area contributed by atoms with E-state index in [1.165, 1.54) is 13.1 Å². The molecule has 76 valence electrons. The molecule has 0 aromatic carbocycles. The molecule has 1 heterocycles. The van der Waals surface area contributed by atoms with Crippen LogP contribution >= 0.6 is 0 Å². The van der Waals surface area contributed by atoms with E-state index in [2.05, 4.69) is 17.1 Å². The predicted octanol–water partition coefficient (Wildman–Crippen LogP) is 0.684. The van der Waals surface area contributed by atoms with Crippen LogP contribution in [0.15, 0.2) is 0 Å². The largest absolute Gasteiger partial charge is 0.450 e. The van der Waals surface area contributed by atoms with E-state index < -0.39 is 0 Å². The van der Waals surface area contributed by atoms with Gasteiger partial charge in [0.15, 0.2) is 0 Å². The molecule has 1 N–H and O–H groups in total. The van der Waals surface area contributed by atoms with Crippen LogP contribution in [0.2, 0.25) is 0 Å². The van der Waals surface area contributed by atoms with Crippen molar-refractivity contribution in [3.63, 3.8) is 0 Å². The SMILES string of the molecule is CCOC(=O)NCC(C)CN1CC1. The van der Waals surface area contributed by atoms with E-state index in [9.17, 15) is 4.79 Å². The molecule has 1 saturated heterocycles. The first-order valence-electron chi connectivity index (χ1n) is 4.85. The Morgan fingerprint density at radius 2 is 2.31 bits per heavy atom. The average Bonchev–Trinajstić information content (AvgIpc) is 2.85. The number of alkyl carbamates (subject to hydrolysis) is 1. The molecule has 0 aromatic rings. The maximum absolute atomic E-state index is 10.9. The third-order valence-corrected chi connectivity index (χ3v) is 1.98. The third-order valence-electron chi connectivity index (χ3n) is 1.98. The Balaban J connectivity index is 1.99. The second-order valence-electron chi connectivity index (χ2n) is 3.51. The molecule has 1 aliphatic rings. The van der Waals surface area contributed by atoms with Gasteiger partial charge in [-0.05, 0) is 12.8 Å². The number of nitrogens with one attached hydrogen (secondary N) is 1. The molecule has 0 aromatic heterocycles. The molecule has 1 aliphatic heterocycles. The van der Waals surface area contributed by atoms with Crippen molar-refractivity contribution in [1.29, 1.82) is 0 Å². The lowest BCUT2D eigenvalue weighted by Crippen LogP contribution is -2.31. The van der Waals surface area contributed by atoms with Crippen LogP contribution in [0.3, 0.4) is 0 Å². The Morgan fingerprint density at radius 1 is 1.62 bits per heavy atom. The molecule has 0 saturated carbocycles. The summed E-state index contributed by atoms with van der Waals surface area (Å²) >= 11 is 0. The van der Waals surface area contributed by atoms with Crippen LogP contribution < -0.4 is 5.32 Å². The van der Waals surface area contributed by atoms with Crippen LogP contribution in [0.25, 0.3) is 0 Å². The molecule has 1 amide bonds. The number of carbonyl (C=O) groups excluding carboxylic acids is 1. The van der Waals surface area contributed by atoms with Gasteiger partial charge in [-0.1, -0.05) is 6.92 Å². The quantitative estimate of drug-likeness (QED) is 0.642. The van der Waals surface area contributed by atoms with Crippen molar-refractivity contribution in [2.75, 3.05) is 32.8 Å². The highest BCUT2D eigenvalue weighted by molar-refractivity contribution is 5.66. The van der Waals surface area contributed by atoms with E-state index in [1.807, 2.05) is 0 Å². The fourth-order valence-corrected chi connectivity index (χ4v) is 1.20. The minimum atomic E-state index is -0.305. The van der Waals surface area contributed by atoms with Gasteiger partial charge in [-0.2, -0.15) is 0 Å². The van der Waals surface area contributed by atoms with Gasteiger partial charge in [0.1, 0.15) is 0 Å². The first kappa shape index (κ1) is 10.3. The van der Waals surface area contributed by atoms with Gasteiger partial charge in [-0.15, -0.1) is 0 Å². The molecule has 13 heavy (non-hydrogen) atoms. The predicted molar refractivity (Wildman–Crippen MR) is 50.6 cm³/mol. The molecule has 4 heteroatoms. The molecule has 0 radical (unpaired) electrons. The number of amides is 1. The molecule has 1 fully saturated rings. The van der Waals surface area contributed by atoms with Crippen LogP contribution in [0.5, 0.6) is 0 Å². The summed E-state index contributed by atoms with van der Waals surface area (Å²) in [4.78, 5) is 13.2. The number of rotatable bonds is 5.